The third kappa shape index (κ3) is 14.4. The SMILES string of the molecule is CCCCCCCCCCCC[S+]([O-])CCCCCc1ccccc1. The average molecular weight is 365 g/mol. The number of hydrogen-bond acceptors (Lipinski definition) is 1. The summed E-state index contributed by atoms with van der Waals surface area (Å²) < 4.78 is 12.0. The Morgan fingerprint density at radius 1 is 0.640 bits per heavy atom. The molecule has 0 spiro atoms. The zero-order valence-corrected chi connectivity index (χ0v) is 17.3. The van der Waals surface area contributed by atoms with Gasteiger partial charge >= 0.3 is 0 Å². The maximum Gasteiger partial charge on any atom is 0.105 e. The number of unbranched alkanes of at least 4 members (excludes halogenated alkanes) is 11. The van der Waals surface area contributed by atoms with Gasteiger partial charge in [-0.15, -0.1) is 0 Å². The first-order valence-electron chi connectivity index (χ1n) is 10.7. The van der Waals surface area contributed by atoms with Crippen molar-refractivity contribution in [2.45, 2.75) is 96.8 Å². The van der Waals surface area contributed by atoms with Crippen molar-refractivity contribution in [3.05, 3.63) is 35.9 Å². The van der Waals surface area contributed by atoms with E-state index in [0.29, 0.717) is 0 Å². The summed E-state index contributed by atoms with van der Waals surface area (Å²) in [4.78, 5) is 0. The minimum Gasteiger partial charge on any atom is -0.616 e. The van der Waals surface area contributed by atoms with Crippen LogP contribution in [0.3, 0.4) is 0 Å². The van der Waals surface area contributed by atoms with Gasteiger partial charge in [-0.05, 0) is 44.1 Å². The van der Waals surface area contributed by atoms with Crippen LogP contribution < -0.4 is 0 Å². The predicted octanol–water partition coefficient (Wildman–Crippen LogP) is 7.07. The molecule has 0 aliphatic carbocycles. The van der Waals surface area contributed by atoms with Crippen LogP contribution in [0.2, 0.25) is 0 Å². The summed E-state index contributed by atoms with van der Waals surface area (Å²) in [7, 11) is 0. The summed E-state index contributed by atoms with van der Waals surface area (Å²) in [6.07, 6.45) is 18.2. The molecule has 0 radical (unpaired) electrons. The van der Waals surface area contributed by atoms with Crippen molar-refractivity contribution in [2.24, 2.45) is 0 Å². The highest BCUT2D eigenvalue weighted by atomic mass is 32.2. The second-order valence-corrected chi connectivity index (χ2v) is 9.02. The Labute approximate surface area is 160 Å². The van der Waals surface area contributed by atoms with Crippen molar-refractivity contribution < 1.29 is 4.55 Å². The number of rotatable bonds is 17. The van der Waals surface area contributed by atoms with Gasteiger partial charge in [-0.3, -0.25) is 0 Å². The van der Waals surface area contributed by atoms with E-state index in [1.54, 1.807) is 0 Å². The van der Waals surface area contributed by atoms with Gasteiger partial charge in [-0.25, -0.2) is 0 Å². The zero-order chi connectivity index (χ0) is 18.0. The Hall–Kier alpha value is -0.470. The van der Waals surface area contributed by atoms with Gasteiger partial charge in [0.05, 0.1) is 0 Å². The number of aryl methyl sites for hydroxylation is 1. The molecule has 0 aromatic heterocycles. The van der Waals surface area contributed by atoms with Gasteiger partial charge in [0.15, 0.2) is 0 Å². The van der Waals surface area contributed by atoms with Crippen LogP contribution in [0.5, 0.6) is 0 Å². The van der Waals surface area contributed by atoms with E-state index < -0.39 is 11.2 Å². The Kier molecular flexibility index (Phi) is 15.3. The van der Waals surface area contributed by atoms with Crippen LogP contribution in [0.25, 0.3) is 0 Å². The van der Waals surface area contributed by atoms with Crippen LogP contribution in [-0.4, -0.2) is 16.1 Å². The molecule has 144 valence electrons. The Balaban J connectivity index is 1.80. The largest absolute Gasteiger partial charge is 0.616 e. The number of benzene rings is 1. The molecule has 0 saturated carbocycles. The van der Waals surface area contributed by atoms with Crippen molar-refractivity contribution >= 4 is 11.2 Å². The molecule has 0 amide bonds. The lowest BCUT2D eigenvalue weighted by molar-refractivity contribution is 0.556. The fraction of sp³-hybridized carbons (Fsp3) is 0.739. The Morgan fingerprint density at radius 3 is 1.68 bits per heavy atom. The molecule has 1 aromatic rings. The fourth-order valence-corrected chi connectivity index (χ4v) is 4.52. The maximum absolute atomic E-state index is 12.0. The highest BCUT2D eigenvalue weighted by Gasteiger charge is 2.05. The van der Waals surface area contributed by atoms with Crippen LogP contribution >= 0.6 is 0 Å². The third-order valence-corrected chi connectivity index (χ3v) is 6.39. The fourth-order valence-electron chi connectivity index (χ4n) is 3.27. The molecule has 0 N–H and O–H groups in total. The molecule has 0 aliphatic rings. The van der Waals surface area contributed by atoms with Crippen molar-refractivity contribution in [3.63, 3.8) is 0 Å². The van der Waals surface area contributed by atoms with Gasteiger partial charge in [0.2, 0.25) is 0 Å². The highest BCUT2D eigenvalue weighted by molar-refractivity contribution is 7.91. The van der Waals surface area contributed by atoms with Crippen LogP contribution in [0.4, 0.5) is 0 Å². The predicted molar refractivity (Wildman–Crippen MR) is 114 cm³/mol. The van der Waals surface area contributed by atoms with Crippen molar-refractivity contribution in [3.8, 4) is 0 Å². The molecule has 25 heavy (non-hydrogen) atoms. The Bertz CT molecular complexity index is 379. The van der Waals surface area contributed by atoms with Crippen LogP contribution in [-0.2, 0) is 17.6 Å². The Morgan fingerprint density at radius 2 is 1.12 bits per heavy atom. The quantitative estimate of drug-likeness (QED) is 0.214. The molecule has 0 saturated heterocycles. The lowest BCUT2D eigenvalue weighted by Gasteiger charge is -2.11. The molecule has 0 aliphatic heterocycles. The first kappa shape index (κ1) is 22.6. The summed E-state index contributed by atoms with van der Waals surface area (Å²) in [6.45, 7) is 2.27. The minimum atomic E-state index is -0.581. The third-order valence-electron chi connectivity index (χ3n) is 4.91. The van der Waals surface area contributed by atoms with E-state index in [4.69, 9.17) is 0 Å². The van der Waals surface area contributed by atoms with Gasteiger partial charge in [0.1, 0.15) is 11.5 Å². The van der Waals surface area contributed by atoms with E-state index in [1.165, 1.54) is 76.2 Å². The first-order valence-corrected chi connectivity index (χ1v) is 12.2. The molecule has 1 nitrogen and oxygen atoms in total. The molecule has 1 aromatic carbocycles. The second kappa shape index (κ2) is 17.0. The average Bonchev–Trinajstić information content (AvgIpc) is 2.64. The van der Waals surface area contributed by atoms with Crippen LogP contribution in [0.15, 0.2) is 30.3 Å². The molecular weight excluding hydrogens is 324 g/mol. The van der Waals surface area contributed by atoms with Crippen molar-refractivity contribution in [1.29, 1.82) is 0 Å². The molecule has 0 heterocycles. The summed E-state index contributed by atoms with van der Waals surface area (Å²) in [5.41, 5.74) is 1.42. The normalized spacial score (nSPS) is 12.4. The summed E-state index contributed by atoms with van der Waals surface area (Å²) in [5, 5.41) is 0. The molecular formula is C23H40OS. The van der Waals surface area contributed by atoms with E-state index >= 15 is 0 Å². The first-order chi connectivity index (χ1) is 12.3. The molecule has 2 heteroatoms. The van der Waals surface area contributed by atoms with E-state index in [0.717, 1.165) is 30.8 Å². The maximum atomic E-state index is 12.0. The number of hydrogen-bond donors (Lipinski definition) is 0. The lowest BCUT2D eigenvalue weighted by Crippen LogP contribution is -2.11. The van der Waals surface area contributed by atoms with Gasteiger partial charge in [0.25, 0.3) is 0 Å². The topological polar surface area (TPSA) is 23.1 Å². The van der Waals surface area contributed by atoms with Gasteiger partial charge in [0, 0.05) is 0 Å². The van der Waals surface area contributed by atoms with Gasteiger partial charge < -0.3 is 4.55 Å². The summed E-state index contributed by atoms with van der Waals surface area (Å²) in [5.74, 6) is 1.83. The van der Waals surface area contributed by atoms with E-state index in [-0.39, 0.29) is 0 Å². The molecule has 1 unspecified atom stereocenters. The van der Waals surface area contributed by atoms with Gasteiger partial charge in [-0.2, -0.15) is 0 Å². The second-order valence-electron chi connectivity index (χ2n) is 7.33. The highest BCUT2D eigenvalue weighted by Crippen LogP contribution is 2.12. The summed E-state index contributed by atoms with van der Waals surface area (Å²) >= 11 is -0.581. The lowest BCUT2D eigenvalue weighted by atomic mass is 10.1. The minimum absolute atomic E-state index is 0.581. The van der Waals surface area contributed by atoms with Crippen molar-refractivity contribution in [1.82, 2.24) is 0 Å². The van der Waals surface area contributed by atoms with Crippen LogP contribution in [0, 0.1) is 0 Å². The smallest absolute Gasteiger partial charge is 0.105 e. The van der Waals surface area contributed by atoms with E-state index in [2.05, 4.69) is 37.3 Å². The molecule has 1 atom stereocenters. The molecule has 0 fully saturated rings. The summed E-state index contributed by atoms with van der Waals surface area (Å²) in [6, 6.07) is 10.7. The monoisotopic (exact) mass is 364 g/mol. The molecule has 0 bridgehead atoms. The van der Waals surface area contributed by atoms with E-state index in [1.807, 2.05) is 0 Å². The van der Waals surface area contributed by atoms with Crippen LogP contribution in [0.1, 0.15) is 96.0 Å². The van der Waals surface area contributed by atoms with Crippen molar-refractivity contribution in [2.75, 3.05) is 11.5 Å². The zero-order valence-electron chi connectivity index (χ0n) is 16.5. The standard InChI is InChI=1S/C23H40OS/c1-2-3-4-5-6-7-8-9-10-16-21-25(24)22-17-12-15-20-23-18-13-11-14-19-23/h11,13-14,18-19H,2-10,12,15-17,20-22H2,1H3. The van der Waals surface area contributed by atoms with Gasteiger partial charge in [-0.1, -0.05) is 99.8 Å². The van der Waals surface area contributed by atoms with E-state index in [9.17, 15) is 4.55 Å². The molecule has 1 rings (SSSR count).